The second-order valence-electron chi connectivity index (χ2n) is 5.50. The van der Waals surface area contributed by atoms with Crippen LogP contribution in [-0.4, -0.2) is 0 Å². The lowest BCUT2D eigenvalue weighted by Gasteiger charge is -2.03. The molecule has 0 saturated carbocycles. The van der Waals surface area contributed by atoms with Crippen LogP contribution in [0.3, 0.4) is 0 Å². The molecule has 0 bridgehead atoms. The molecule has 0 aromatic carbocycles. The van der Waals surface area contributed by atoms with Gasteiger partial charge in [-0.1, -0.05) is 84.0 Å². The first kappa shape index (κ1) is 17.5. The highest BCUT2D eigenvalue weighted by molar-refractivity contribution is 4.83. The monoisotopic (exact) mass is 250 g/mol. The normalized spacial score (nSPS) is 12.3. The molecule has 0 N–H and O–H groups in total. The molecule has 0 fully saturated rings. The van der Waals surface area contributed by atoms with Gasteiger partial charge in [0, 0.05) is 5.92 Å². The summed E-state index contributed by atoms with van der Waals surface area (Å²) >= 11 is 0. The summed E-state index contributed by atoms with van der Waals surface area (Å²) in [6, 6.07) is 2.19. The van der Waals surface area contributed by atoms with E-state index in [0.717, 1.165) is 6.42 Å². The van der Waals surface area contributed by atoms with Gasteiger partial charge >= 0.3 is 0 Å². The average molecular weight is 250 g/mol. The summed E-state index contributed by atoms with van der Waals surface area (Å²) < 4.78 is 0. The number of unbranched alkanes of at least 4 members (excludes halogenated alkanes) is 11. The van der Waals surface area contributed by atoms with E-state index in [1.807, 2.05) is 0 Å². The Bertz CT molecular complexity index is 192. The fourth-order valence-electron chi connectivity index (χ4n) is 2.30. The fraction of sp³-hybridized carbons (Fsp3) is 0.882. The molecule has 1 heteroatoms. The number of hydrogen-bond donors (Lipinski definition) is 0. The summed E-state index contributed by atoms with van der Waals surface area (Å²) in [4.78, 5) is 0. The third-order valence-corrected chi connectivity index (χ3v) is 3.59. The Labute approximate surface area is 115 Å². The predicted octanol–water partition coefficient (Wildman–Crippen LogP) is 6.05. The average Bonchev–Trinajstić information content (AvgIpc) is 2.39. The van der Waals surface area contributed by atoms with Crippen molar-refractivity contribution in [3.8, 4) is 6.07 Å². The molecule has 1 atom stereocenters. The second-order valence-corrected chi connectivity index (χ2v) is 5.50. The van der Waals surface area contributed by atoms with E-state index in [1.54, 1.807) is 0 Å². The van der Waals surface area contributed by atoms with E-state index in [1.165, 1.54) is 77.0 Å². The molecule has 0 aliphatic heterocycles. The van der Waals surface area contributed by atoms with Gasteiger partial charge < -0.3 is 0 Å². The molecular weight excluding hydrogens is 218 g/mol. The van der Waals surface area contributed by atoms with Gasteiger partial charge in [-0.2, -0.15) is 5.26 Å². The van der Waals surface area contributed by atoms with Crippen LogP contribution >= 0.6 is 0 Å². The van der Waals surface area contributed by atoms with E-state index >= 15 is 0 Å². The van der Waals surface area contributed by atoms with Gasteiger partial charge in [0.2, 0.25) is 0 Å². The zero-order valence-corrected chi connectivity index (χ0v) is 12.4. The molecule has 0 aliphatic rings. The van der Waals surface area contributed by atoms with Crippen molar-refractivity contribution in [1.82, 2.24) is 0 Å². The van der Waals surface area contributed by atoms with Gasteiger partial charge in [0.25, 0.3) is 0 Å². The maximum atomic E-state index is 8.60. The largest absolute Gasteiger partial charge is 0.198 e. The van der Waals surface area contributed by atoms with Gasteiger partial charge in [0.05, 0.1) is 6.07 Å². The Morgan fingerprint density at radius 1 is 0.778 bits per heavy atom. The zero-order valence-electron chi connectivity index (χ0n) is 12.4. The summed E-state index contributed by atoms with van der Waals surface area (Å²) in [5, 5.41) is 8.60. The van der Waals surface area contributed by atoms with Gasteiger partial charge in [-0.05, 0) is 13.3 Å². The summed E-state index contributed by atoms with van der Waals surface area (Å²) in [5.74, 6) is 0.00752. The van der Waals surface area contributed by atoms with Crippen molar-refractivity contribution in [2.24, 2.45) is 5.92 Å². The van der Waals surface area contributed by atoms with Crippen LogP contribution in [0.1, 0.15) is 90.4 Å². The van der Waals surface area contributed by atoms with Crippen molar-refractivity contribution in [3.63, 3.8) is 0 Å². The van der Waals surface area contributed by atoms with Crippen LogP contribution < -0.4 is 0 Å². The molecule has 0 amide bonds. The summed E-state index contributed by atoms with van der Waals surface area (Å²) in [6.07, 6.45) is 17.5. The van der Waals surface area contributed by atoms with Crippen molar-refractivity contribution >= 4 is 0 Å². The zero-order chi connectivity index (χ0) is 13.5. The van der Waals surface area contributed by atoms with Crippen molar-refractivity contribution in [2.75, 3.05) is 0 Å². The van der Waals surface area contributed by atoms with E-state index in [4.69, 9.17) is 5.26 Å². The van der Waals surface area contributed by atoms with E-state index < -0.39 is 0 Å². The van der Waals surface area contributed by atoms with E-state index in [-0.39, 0.29) is 5.92 Å². The topological polar surface area (TPSA) is 23.8 Å². The predicted molar refractivity (Wildman–Crippen MR) is 80.2 cm³/mol. The van der Waals surface area contributed by atoms with Gasteiger partial charge in [-0.15, -0.1) is 0 Å². The fourth-order valence-corrected chi connectivity index (χ4v) is 2.30. The third-order valence-electron chi connectivity index (χ3n) is 3.59. The highest BCUT2D eigenvalue weighted by Gasteiger charge is 1.98. The summed E-state index contributed by atoms with van der Waals surface area (Å²) in [5.41, 5.74) is 0. The molecule has 0 spiro atoms. The minimum absolute atomic E-state index is 0.00752. The molecule has 0 heterocycles. The van der Waals surface area contributed by atoms with Crippen LogP contribution in [0.2, 0.25) is 0 Å². The van der Waals surface area contributed by atoms with E-state index in [0.29, 0.717) is 0 Å². The van der Waals surface area contributed by atoms with Gasteiger partial charge in [-0.25, -0.2) is 0 Å². The first-order valence-electron chi connectivity index (χ1n) is 8.04. The number of nitrogens with zero attached hydrogens (tertiary/aromatic N) is 1. The van der Waals surface area contributed by atoms with Crippen LogP contribution in [0.5, 0.6) is 0 Å². The minimum Gasteiger partial charge on any atom is -0.198 e. The van der Waals surface area contributed by atoms with Crippen molar-refractivity contribution in [1.29, 1.82) is 5.26 Å². The van der Waals surface area contributed by atoms with Crippen molar-refractivity contribution in [3.05, 3.63) is 6.92 Å². The Kier molecular flexibility index (Phi) is 14.1. The maximum absolute atomic E-state index is 8.60. The number of hydrogen-bond acceptors (Lipinski definition) is 1. The molecule has 0 rings (SSSR count). The molecule has 1 nitrogen and oxygen atoms in total. The minimum atomic E-state index is 0.00752. The molecule has 1 unspecified atom stereocenters. The lowest BCUT2D eigenvalue weighted by molar-refractivity contribution is 0.532. The van der Waals surface area contributed by atoms with Gasteiger partial charge in [-0.3, -0.25) is 0 Å². The van der Waals surface area contributed by atoms with E-state index in [2.05, 4.69) is 19.9 Å². The number of nitriles is 1. The SMILES string of the molecule is [CH2]C(C#N)CCCCCCCCCCCCCC. The molecule has 0 aromatic heterocycles. The van der Waals surface area contributed by atoms with Crippen LogP contribution in [0, 0.1) is 24.2 Å². The lowest BCUT2D eigenvalue weighted by atomic mass is 10.0. The standard InChI is InChI=1S/C17H32N/c1-3-4-5-6-7-8-9-10-11-12-13-14-15-17(2)16-18/h17H,2-15H2,1H3. The third kappa shape index (κ3) is 13.6. The van der Waals surface area contributed by atoms with Crippen LogP contribution in [0.25, 0.3) is 0 Å². The highest BCUT2D eigenvalue weighted by atomic mass is 14.3. The van der Waals surface area contributed by atoms with Gasteiger partial charge in [0.15, 0.2) is 0 Å². The van der Waals surface area contributed by atoms with Crippen LogP contribution in [-0.2, 0) is 0 Å². The smallest absolute Gasteiger partial charge is 0.0655 e. The Hall–Kier alpha value is -0.510. The molecule has 1 radical (unpaired) electrons. The summed E-state index contributed by atoms with van der Waals surface area (Å²) in [7, 11) is 0. The molecule has 0 aliphatic carbocycles. The van der Waals surface area contributed by atoms with E-state index in [9.17, 15) is 0 Å². The van der Waals surface area contributed by atoms with Crippen LogP contribution in [0.15, 0.2) is 0 Å². The Morgan fingerprint density at radius 2 is 1.17 bits per heavy atom. The number of rotatable bonds is 13. The highest BCUT2D eigenvalue weighted by Crippen LogP contribution is 2.13. The molecule has 18 heavy (non-hydrogen) atoms. The molecular formula is C17H32N. The van der Waals surface area contributed by atoms with Crippen molar-refractivity contribution in [2.45, 2.75) is 90.4 Å². The Morgan fingerprint density at radius 3 is 1.56 bits per heavy atom. The second kappa shape index (κ2) is 14.6. The maximum Gasteiger partial charge on any atom is 0.0655 e. The quantitative estimate of drug-likeness (QED) is 0.365. The molecule has 105 valence electrons. The first-order chi connectivity index (χ1) is 8.81. The first-order valence-corrected chi connectivity index (χ1v) is 8.04. The lowest BCUT2D eigenvalue weighted by Crippen LogP contribution is -1.90. The Balaban J connectivity index is 2.97. The van der Waals surface area contributed by atoms with Crippen molar-refractivity contribution < 1.29 is 0 Å². The van der Waals surface area contributed by atoms with Gasteiger partial charge in [0.1, 0.15) is 0 Å². The molecule has 0 aromatic rings. The summed E-state index contributed by atoms with van der Waals surface area (Å²) in [6.45, 7) is 6.06. The van der Waals surface area contributed by atoms with Crippen LogP contribution in [0.4, 0.5) is 0 Å². The molecule has 0 saturated heterocycles.